The lowest BCUT2D eigenvalue weighted by Crippen LogP contribution is -2.43. The standard InChI is InChI=1S/C17H23N3OS/c1-14-19-12-16(20(14)15-5-3-2-4-6-15)11-18-13-17(21)7-9-22-10-8-17/h2-6,12,18,21H,7-11,13H2,1H3. The maximum Gasteiger partial charge on any atom is 0.110 e. The van der Waals surface area contributed by atoms with E-state index in [2.05, 4.69) is 27.0 Å². The Morgan fingerprint density at radius 3 is 2.73 bits per heavy atom. The molecule has 22 heavy (non-hydrogen) atoms. The molecule has 2 aromatic rings. The molecule has 2 N–H and O–H groups in total. The van der Waals surface area contributed by atoms with Gasteiger partial charge in [-0.15, -0.1) is 0 Å². The Morgan fingerprint density at radius 1 is 1.27 bits per heavy atom. The van der Waals surface area contributed by atoms with Gasteiger partial charge in [-0.1, -0.05) is 18.2 Å². The van der Waals surface area contributed by atoms with Crippen LogP contribution >= 0.6 is 11.8 Å². The van der Waals surface area contributed by atoms with Crippen molar-refractivity contribution in [1.82, 2.24) is 14.9 Å². The number of hydrogen-bond donors (Lipinski definition) is 2. The molecule has 0 unspecified atom stereocenters. The van der Waals surface area contributed by atoms with Gasteiger partial charge >= 0.3 is 0 Å². The zero-order valence-electron chi connectivity index (χ0n) is 13.0. The third-order valence-corrected chi connectivity index (χ3v) is 5.19. The maximum atomic E-state index is 10.5. The summed E-state index contributed by atoms with van der Waals surface area (Å²) in [6.07, 6.45) is 3.67. The number of benzene rings is 1. The topological polar surface area (TPSA) is 50.1 Å². The zero-order chi connectivity index (χ0) is 15.4. The van der Waals surface area contributed by atoms with Crippen LogP contribution in [0.4, 0.5) is 0 Å². The highest BCUT2D eigenvalue weighted by Crippen LogP contribution is 2.26. The number of nitrogens with zero attached hydrogens (tertiary/aromatic N) is 2. The number of nitrogens with one attached hydrogen (secondary N) is 1. The Kier molecular flexibility index (Phi) is 4.86. The summed E-state index contributed by atoms with van der Waals surface area (Å²) in [6.45, 7) is 3.38. The highest BCUT2D eigenvalue weighted by molar-refractivity contribution is 7.99. The van der Waals surface area contributed by atoms with Gasteiger partial charge in [0.05, 0.1) is 17.5 Å². The fourth-order valence-corrected chi connectivity index (χ4v) is 4.15. The van der Waals surface area contributed by atoms with Crippen molar-refractivity contribution in [2.24, 2.45) is 0 Å². The summed E-state index contributed by atoms with van der Waals surface area (Å²) in [5.74, 6) is 3.09. The van der Waals surface area contributed by atoms with Crippen LogP contribution in [0.25, 0.3) is 5.69 Å². The van der Waals surface area contributed by atoms with E-state index in [1.165, 1.54) is 0 Å². The third kappa shape index (κ3) is 3.54. The molecule has 1 aromatic carbocycles. The summed E-state index contributed by atoms with van der Waals surface area (Å²) < 4.78 is 2.16. The van der Waals surface area contributed by atoms with Crippen molar-refractivity contribution in [3.63, 3.8) is 0 Å². The largest absolute Gasteiger partial charge is 0.389 e. The van der Waals surface area contributed by atoms with Crippen molar-refractivity contribution in [2.75, 3.05) is 18.1 Å². The van der Waals surface area contributed by atoms with Crippen molar-refractivity contribution in [2.45, 2.75) is 31.9 Å². The van der Waals surface area contributed by atoms with E-state index in [0.717, 1.165) is 41.6 Å². The van der Waals surface area contributed by atoms with E-state index in [-0.39, 0.29) is 0 Å². The molecular weight excluding hydrogens is 294 g/mol. The number of aliphatic hydroxyl groups is 1. The Hall–Kier alpha value is -1.30. The lowest BCUT2D eigenvalue weighted by Gasteiger charge is -2.32. The first-order valence-corrected chi connectivity index (χ1v) is 8.93. The molecule has 1 fully saturated rings. The average molecular weight is 317 g/mol. The summed E-state index contributed by atoms with van der Waals surface area (Å²) in [5.41, 5.74) is 1.71. The van der Waals surface area contributed by atoms with E-state index in [0.29, 0.717) is 13.1 Å². The molecule has 0 atom stereocenters. The Labute approximate surface area is 136 Å². The monoisotopic (exact) mass is 317 g/mol. The Balaban J connectivity index is 1.66. The molecule has 1 aromatic heterocycles. The molecule has 118 valence electrons. The zero-order valence-corrected chi connectivity index (χ0v) is 13.8. The average Bonchev–Trinajstić information content (AvgIpc) is 2.90. The predicted octanol–water partition coefficient (Wildman–Crippen LogP) is 2.53. The van der Waals surface area contributed by atoms with Gasteiger partial charge < -0.3 is 10.4 Å². The fraction of sp³-hybridized carbons (Fsp3) is 0.471. The first kappa shape index (κ1) is 15.6. The molecular formula is C17H23N3OS. The number of thioether (sulfide) groups is 1. The minimum atomic E-state index is -0.544. The van der Waals surface area contributed by atoms with Gasteiger partial charge in [-0.2, -0.15) is 11.8 Å². The summed E-state index contributed by atoms with van der Waals surface area (Å²) in [6, 6.07) is 10.3. The molecule has 0 spiro atoms. The van der Waals surface area contributed by atoms with Crippen molar-refractivity contribution in [3.05, 3.63) is 48.0 Å². The lowest BCUT2D eigenvalue weighted by atomic mass is 9.97. The van der Waals surface area contributed by atoms with E-state index in [9.17, 15) is 5.11 Å². The quantitative estimate of drug-likeness (QED) is 0.890. The molecule has 0 aliphatic carbocycles. The second-order valence-electron chi connectivity index (χ2n) is 5.91. The second kappa shape index (κ2) is 6.86. The van der Waals surface area contributed by atoms with E-state index in [1.807, 2.05) is 43.1 Å². The highest BCUT2D eigenvalue weighted by atomic mass is 32.2. The molecule has 0 saturated carbocycles. The SMILES string of the molecule is Cc1ncc(CNCC2(O)CCSCC2)n1-c1ccccc1. The van der Waals surface area contributed by atoms with Crippen molar-refractivity contribution in [3.8, 4) is 5.69 Å². The minimum Gasteiger partial charge on any atom is -0.389 e. The van der Waals surface area contributed by atoms with Crippen molar-refractivity contribution in [1.29, 1.82) is 0 Å². The summed E-state index contributed by atoms with van der Waals surface area (Å²) in [4.78, 5) is 4.43. The van der Waals surface area contributed by atoms with Crippen LogP contribution in [0.5, 0.6) is 0 Å². The summed E-state index contributed by atoms with van der Waals surface area (Å²) >= 11 is 1.93. The first-order valence-electron chi connectivity index (χ1n) is 7.77. The smallest absolute Gasteiger partial charge is 0.110 e. The van der Waals surface area contributed by atoms with Crippen LogP contribution in [0, 0.1) is 6.92 Å². The number of aryl methyl sites for hydroxylation is 1. The van der Waals surface area contributed by atoms with Gasteiger partial charge in [0.1, 0.15) is 5.82 Å². The fourth-order valence-electron chi connectivity index (χ4n) is 2.90. The Bertz CT molecular complexity index is 606. The van der Waals surface area contributed by atoms with Gasteiger partial charge in [0.15, 0.2) is 0 Å². The highest BCUT2D eigenvalue weighted by Gasteiger charge is 2.28. The number of rotatable bonds is 5. The van der Waals surface area contributed by atoms with Gasteiger partial charge in [-0.05, 0) is 43.4 Å². The van der Waals surface area contributed by atoms with E-state index >= 15 is 0 Å². The van der Waals surface area contributed by atoms with Crippen LogP contribution in [-0.2, 0) is 6.54 Å². The van der Waals surface area contributed by atoms with E-state index < -0.39 is 5.60 Å². The molecule has 1 aliphatic rings. The minimum absolute atomic E-state index is 0.544. The maximum absolute atomic E-state index is 10.5. The lowest BCUT2D eigenvalue weighted by molar-refractivity contribution is 0.0319. The van der Waals surface area contributed by atoms with Gasteiger partial charge in [0.2, 0.25) is 0 Å². The summed E-state index contributed by atoms with van der Waals surface area (Å²) in [5, 5.41) is 14.0. The molecule has 2 heterocycles. The van der Waals surface area contributed by atoms with Crippen LogP contribution < -0.4 is 5.32 Å². The number of para-hydroxylation sites is 1. The van der Waals surface area contributed by atoms with Gasteiger partial charge in [0, 0.05) is 18.8 Å². The Morgan fingerprint density at radius 2 is 2.00 bits per heavy atom. The van der Waals surface area contributed by atoms with Gasteiger partial charge in [-0.25, -0.2) is 4.98 Å². The molecule has 1 saturated heterocycles. The van der Waals surface area contributed by atoms with Crippen molar-refractivity contribution < 1.29 is 5.11 Å². The van der Waals surface area contributed by atoms with Gasteiger partial charge in [-0.3, -0.25) is 4.57 Å². The summed E-state index contributed by atoms with van der Waals surface area (Å²) in [7, 11) is 0. The van der Waals surface area contributed by atoms with Crippen LogP contribution in [0.15, 0.2) is 36.5 Å². The van der Waals surface area contributed by atoms with Crippen LogP contribution in [-0.4, -0.2) is 38.3 Å². The second-order valence-corrected chi connectivity index (χ2v) is 7.13. The molecule has 0 radical (unpaired) electrons. The van der Waals surface area contributed by atoms with Crippen LogP contribution in [0.3, 0.4) is 0 Å². The molecule has 0 amide bonds. The predicted molar refractivity (Wildman–Crippen MR) is 91.5 cm³/mol. The van der Waals surface area contributed by atoms with Crippen molar-refractivity contribution >= 4 is 11.8 Å². The van der Waals surface area contributed by atoms with Gasteiger partial charge in [0.25, 0.3) is 0 Å². The molecule has 1 aliphatic heterocycles. The number of aromatic nitrogens is 2. The van der Waals surface area contributed by atoms with E-state index in [4.69, 9.17) is 0 Å². The molecule has 3 rings (SSSR count). The first-order chi connectivity index (χ1) is 10.7. The normalized spacial score (nSPS) is 17.5. The third-order valence-electron chi connectivity index (χ3n) is 4.21. The van der Waals surface area contributed by atoms with E-state index in [1.54, 1.807) is 0 Å². The number of imidazole rings is 1. The molecule has 5 heteroatoms. The molecule has 0 bridgehead atoms. The number of hydrogen-bond acceptors (Lipinski definition) is 4. The van der Waals surface area contributed by atoms with Crippen LogP contribution in [0.2, 0.25) is 0 Å². The van der Waals surface area contributed by atoms with Crippen LogP contribution in [0.1, 0.15) is 24.4 Å². The molecule has 4 nitrogen and oxygen atoms in total.